The molecule has 104 valence electrons. The van der Waals surface area contributed by atoms with Crippen LogP contribution < -0.4 is 5.73 Å². The average molecular weight is 289 g/mol. The molecule has 2 aliphatic rings. The Labute approximate surface area is 122 Å². The highest BCUT2D eigenvalue weighted by Crippen LogP contribution is 2.36. The normalized spacial score (nSPS) is 19.7. The molecule has 5 heteroatoms. The quantitative estimate of drug-likeness (QED) is 0.909. The molecular formula is C15H16FN3S. The molecule has 1 aromatic carbocycles. The first-order chi connectivity index (χ1) is 9.58. The number of hydrogen-bond donors (Lipinski definition) is 1. The summed E-state index contributed by atoms with van der Waals surface area (Å²) in [5.74, 6) is -0.229. The molecule has 1 unspecified atom stereocenters. The minimum atomic E-state index is -0.229. The van der Waals surface area contributed by atoms with Gasteiger partial charge in [-0.25, -0.2) is 9.38 Å². The van der Waals surface area contributed by atoms with Gasteiger partial charge >= 0.3 is 0 Å². The van der Waals surface area contributed by atoms with Crippen molar-refractivity contribution in [3.63, 3.8) is 0 Å². The Morgan fingerprint density at radius 1 is 1.40 bits per heavy atom. The van der Waals surface area contributed by atoms with Gasteiger partial charge in [0.05, 0.1) is 12.2 Å². The molecule has 20 heavy (non-hydrogen) atoms. The first-order valence-electron chi connectivity index (χ1n) is 6.51. The summed E-state index contributed by atoms with van der Waals surface area (Å²) in [5, 5.41) is 2.98. The lowest BCUT2D eigenvalue weighted by molar-refractivity contribution is 0.573. The molecule has 0 aromatic heterocycles. The summed E-state index contributed by atoms with van der Waals surface area (Å²) >= 11 is 1.59. The van der Waals surface area contributed by atoms with Crippen molar-refractivity contribution in [2.24, 2.45) is 10.7 Å². The van der Waals surface area contributed by atoms with E-state index in [9.17, 15) is 4.39 Å². The Hall–Kier alpha value is -1.59. The third-order valence-corrected chi connectivity index (χ3v) is 4.44. The van der Waals surface area contributed by atoms with Crippen molar-refractivity contribution in [1.82, 2.24) is 4.90 Å². The van der Waals surface area contributed by atoms with Crippen molar-refractivity contribution in [2.45, 2.75) is 19.9 Å². The highest BCUT2D eigenvalue weighted by Gasteiger charge is 2.29. The summed E-state index contributed by atoms with van der Waals surface area (Å²) in [4.78, 5) is 6.73. The number of benzene rings is 1. The van der Waals surface area contributed by atoms with Crippen LogP contribution in [0.25, 0.3) is 5.57 Å². The second-order valence-electron chi connectivity index (χ2n) is 4.99. The second-order valence-corrected chi connectivity index (χ2v) is 5.83. The molecule has 2 N–H and O–H groups in total. The second kappa shape index (κ2) is 5.07. The molecule has 0 aliphatic carbocycles. The number of nitrogens with two attached hydrogens (primary N) is 1. The van der Waals surface area contributed by atoms with Gasteiger partial charge in [-0.3, -0.25) is 0 Å². The number of allylic oxidation sites excluding steroid dienone is 1. The molecule has 3 rings (SSSR count). The standard InChI is InChI=1S/C15H16FN3S/c1-9-8-20-15-18-14(10(2)17)12(7-19(9)15)11-5-3-4-6-13(11)16/h3-6,8,10H,7,17H2,1-2H3. The van der Waals surface area contributed by atoms with Gasteiger partial charge in [0.15, 0.2) is 5.17 Å². The molecule has 0 saturated carbocycles. The smallest absolute Gasteiger partial charge is 0.173 e. The minimum absolute atomic E-state index is 0.222. The molecule has 0 spiro atoms. The molecule has 1 aromatic rings. The summed E-state index contributed by atoms with van der Waals surface area (Å²) in [6.07, 6.45) is 0. The van der Waals surface area contributed by atoms with Crippen LogP contribution in [0.1, 0.15) is 19.4 Å². The number of fused-ring (bicyclic) bond motifs is 1. The van der Waals surface area contributed by atoms with Crippen molar-refractivity contribution >= 4 is 22.5 Å². The Bertz CT molecular complexity index is 646. The van der Waals surface area contributed by atoms with Gasteiger partial charge in [-0.15, -0.1) is 0 Å². The highest BCUT2D eigenvalue weighted by molar-refractivity contribution is 8.16. The molecular weight excluding hydrogens is 273 g/mol. The van der Waals surface area contributed by atoms with Crippen LogP contribution in [0.15, 0.2) is 46.1 Å². The Kier molecular flexibility index (Phi) is 3.40. The fourth-order valence-electron chi connectivity index (χ4n) is 2.41. The number of thioether (sulfide) groups is 1. The molecule has 0 fully saturated rings. The predicted octanol–water partition coefficient (Wildman–Crippen LogP) is 3.16. The lowest BCUT2D eigenvalue weighted by atomic mass is 9.98. The van der Waals surface area contributed by atoms with Crippen LogP contribution in [0.5, 0.6) is 0 Å². The minimum Gasteiger partial charge on any atom is -0.323 e. The molecule has 0 amide bonds. The monoisotopic (exact) mass is 289 g/mol. The highest BCUT2D eigenvalue weighted by atomic mass is 32.2. The Morgan fingerprint density at radius 3 is 2.85 bits per heavy atom. The molecule has 2 heterocycles. The first kappa shape index (κ1) is 13.4. The molecule has 0 radical (unpaired) electrons. The molecule has 0 bridgehead atoms. The molecule has 3 nitrogen and oxygen atoms in total. The van der Waals surface area contributed by atoms with E-state index in [1.165, 1.54) is 6.07 Å². The maximum atomic E-state index is 14.1. The zero-order valence-electron chi connectivity index (χ0n) is 11.4. The predicted molar refractivity (Wildman–Crippen MR) is 82.5 cm³/mol. The average Bonchev–Trinajstić information content (AvgIpc) is 2.79. The van der Waals surface area contributed by atoms with Crippen LogP contribution >= 0.6 is 11.8 Å². The van der Waals surface area contributed by atoms with E-state index in [1.54, 1.807) is 23.9 Å². The lowest BCUT2D eigenvalue weighted by Gasteiger charge is -2.29. The van der Waals surface area contributed by atoms with Crippen LogP contribution in [-0.4, -0.2) is 22.7 Å². The number of aliphatic imine (C=N–C) groups is 1. The number of halogens is 1. The molecule has 2 aliphatic heterocycles. The van der Waals surface area contributed by atoms with Crippen LogP contribution in [0.3, 0.4) is 0 Å². The number of nitrogens with zero attached hydrogens (tertiary/aromatic N) is 2. The van der Waals surface area contributed by atoms with Crippen molar-refractivity contribution in [1.29, 1.82) is 0 Å². The van der Waals surface area contributed by atoms with E-state index in [0.29, 0.717) is 12.1 Å². The topological polar surface area (TPSA) is 41.6 Å². The third-order valence-electron chi connectivity index (χ3n) is 3.46. The first-order valence-corrected chi connectivity index (χ1v) is 7.39. The lowest BCUT2D eigenvalue weighted by Crippen LogP contribution is -2.32. The largest absolute Gasteiger partial charge is 0.323 e. The number of amidine groups is 1. The zero-order valence-corrected chi connectivity index (χ0v) is 12.2. The van der Waals surface area contributed by atoms with E-state index < -0.39 is 0 Å². The fourth-order valence-corrected chi connectivity index (χ4v) is 3.30. The maximum absolute atomic E-state index is 14.1. The van der Waals surface area contributed by atoms with Gasteiger partial charge < -0.3 is 10.6 Å². The van der Waals surface area contributed by atoms with Gasteiger partial charge in [-0.1, -0.05) is 30.0 Å². The number of rotatable bonds is 2. The molecule has 0 saturated heterocycles. The van der Waals surface area contributed by atoms with Crippen molar-refractivity contribution in [3.8, 4) is 0 Å². The summed E-state index contributed by atoms with van der Waals surface area (Å²) in [7, 11) is 0. The van der Waals surface area contributed by atoms with Gasteiger partial charge in [0, 0.05) is 22.9 Å². The van der Waals surface area contributed by atoms with Crippen molar-refractivity contribution < 1.29 is 4.39 Å². The van der Waals surface area contributed by atoms with Crippen molar-refractivity contribution in [3.05, 3.63) is 52.4 Å². The van der Waals surface area contributed by atoms with Gasteiger partial charge in [0.1, 0.15) is 5.82 Å². The van der Waals surface area contributed by atoms with E-state index in [-0.39, 0.29) is 11.9 Å². The summed E-state index contributed by atoms with van der Waals surface area (Å²) in [6, 6.07) is 6.57. The van der Waals surface area contributed by atoms with Crippen LogP contribution in [0.4, 0.5) is 4.39 Å². The van der Waals surface area contributed by atoms with E-state index in [1.807, 2.05) is 19.9 Å². The summed E-state index contributed by atoms with van der Waals surface area (Å²) in [6.45, 7) is 4.53. The van der Waals surface area contributed by atoms with Gasteiger partial charge in [0.2, 0.25) is 0 Å². The maximum Gasteiger partial charge on any atom is 0.173 e. The van der Waals surface area contributed by atoms with E-state index in [0.717, 1.165) is 22.1 Å². The summed E-state index contributed by atoms with van der Waals surface area (Å²) < 4.78 is 14.1. The SMILES string of the molecule is CC1=CSC2=NC(C(C)N)=C(c3ccccc3F)CN12. The summed E-state index contributed by atoms with van der Waals surface area (Å²) in [5.41, 5.74) is 9.40. The van der Waals surface area contributed by atoms with Gasteiger partial charge in [-0.2, -0.15) is 0 Å². The van der Waals surface area contributed by atoms with Crippen molar-refractivity contribution in [2.75, 3.05) is 6.54 Å². The van der Waals surface area contributed by atoms with Gasteiger partial charge in [0.25, 0.3) is 0 Å². The fraction of sp³-hybridized carbons (Fsp3) is 0.267. The van der Waals surface area contributed by atoms with E-state index in [4.69, 9.17) is 5.73 Å². The van der Waals surface area contributed by atoms with Gasteiger partial charge in [-0.05, 0) is 25.3 Å². The zero-order chi connectivity index (χ0) is 14.3. The third kappa shape index (κ3) is 2.17. The van der Waals surface area contributed by atoms with E-state index >= 15 is 0 Å². The molecule has 1 atom stereocenters. The Balaban J connectivity index is 2.12. The van der Waals surface area contributed by atoms with Crippen LogP contribution in [-0.2, 0) is 0 Å². The Morgan fingerprint density at radius 2 is 2.15 bits per heavy atom. The number of hydrogen-bond acceptors (Lipinski definition) is 4. The van der Waals surface area contributed by atoms with Crippen LogP contribution in [0, 0.1) is 5.82 Å². The van der Waals surface area contributed by atoms with E-state index in [2.05, 4.69) is 15.3 Å². The van der Waals surface area contributed by atoms with Crippen LogP contribution in [0.2, 0.25) is 0 Å².